The number of anilines is 1. The Hall–Kier alpha value is -3.30. The van der Waals surface area contributed by atoms with Crippen molar-refractivity contribution >= 4 is 51.1 Å². The van der Waals surface area contributed by atoms with Gasteiger partial charge in [-0.3, -0.25) is 9.52 Å². The first-order valence-corrected chi connectivity index (χ1v) is 12.5. The summed E-state index contributed by atoms with van der Waals surface area (Å²) in [6.07, 6.45) is -10.2. The lowest BCUT2D eigenvalue weighted by atomic mass is 10.0. The van der Waals surface area contributed by atoms with E-state index in [9.17, 15) is 44.7 Å². The highest BCUT2D eigenvalue weighted by molar-refractivity contribution is 7.92. The summed E-state index contributed by atoms with van der Waals surface area (Å²) in [4.78, 5) is 18.9. The fourth-order valence-electron chi connectivity index (χ4n) is 3.11. The Bertz CT molecular complexity index is 1450. The maximum Gasteiger partial charge on any atom is 0.416 e. The van der Waals surface area contributed by atoms with E-state index in [0.29, 0.717) is 29.0 Å². The van der Waals surface area contributed by atoms with Crippen molar-refractivity contribution in [3.8, 4) is 10.4 Å². The number of carbonyl (C=O) groups is 2. The zero-order chi connectivity index (χ0) is 29.2. The van der Waals surface area contributed by atoms with Crippen LogP contribution in [0.5, 0.6) is 0 Å². The third-order valence-electron chi connectivity index (χ3n) is 4.79. The highest BCUT2D eigenvalue weighted by atomic mass is 35.5. The number of carboxylic acid groups (broad SMARTS) is 2. The number of aromatic carboxylic acids is 1. The minimum atomic E-state index is -5.11. The van der Waals surface area contributed by atoms with E-state index >= 15 is 0 Å². The van der Waals surface area contributed by atoms with Crippen molar-refractivity contribution in [1.29, 1.82) is 0 Å². The number of hydrogen-bond acceptors (Lipinski definition) is 5. The summed E-state index contributed by atoms with van der Waals surface area (Å²) in [7, 11) is -4.40. The van der Waals surface area contributed by atoms with Crippen LogP contribution in [-0.2, 0) is 27.2 Å². The van der Waals surface area contributed by atoms with Gasteiger partial charge in [-0.15, -0.1) is 11.3 Å². The molecule has 0 bridgehead atoms. The Labute approximate surface area is 220 Å². The quantitative estimate of drug-likeness (QED) is 0.215. The first-order chi connectivity index (χ1) is 17.3. The molecule has 0 aliphatic carbocycles. The summed E-state index contributed by atoms with van der Waals surface area (Å²) in [6, 6.07) is 4.29. The number of sulfonamides is 1. The summed E-state index contributed by atoms with van der Waals surface area (Å²) in [5, 5.41) is 16.7. The molecule has 3 N–H and O–H groups in total. The molecular weight excluding hydrogens is 588 g/mol. The predicted molar refractivity (Wildman–Crippen MR) is 127 cm³/mol. The van der Waals surface area contributed by atoms with Crippen LogP contribution >= 0.6 is 22.9 Å². The molecule has 7 nitrogen and oxygen atoms in total. The minimum absolute atomic E-state index is 0.0650. The van der Waals surface area contributed by atoms with Crippen LogP contribution in [0, 0.1) is 13.8 Å². The molecule has 0 amide bonds. The van der Waals surface area contributed by atoms with Crippen molar-refractivity contribution in [3.05, 3.63) is 68.6 Å². The summed E-state index contributed by atoms with van der Waals surface area (Å²) in [5.41, 5.74) is -3.65. The van der Waals surface area contributed by atoms with E-state index in [-0.39, 0.29) is 32.9 Å². The molecule has 0 aliphatic rings. The van der Waals surface area contributed by atoms with Gasteiger partial charge in [0.2, 0.25) is 0 Å². The molecule has 0 spiro atoms. The van der Waals surface area contributed by atoms with Crippen LogP contribution in [0.4, 0.5) is 32.0 Å². The summed E-state index contributed by atoms with van der Waals surface area (Å²) in [6.45, 7) is 2.73. The van der Waals surface area contributed by atoms with Gasteiger partial charge in [0.1, 0.15) is 4.88 Å². The normalized spacial score (nSPS) is 11.9. The SMILES string of the molecule is Cc1cc(S(=O)(=O)Nc2cc(-c3cc(C(F)(F)F)cc(C(F)(F)F)c3)sc2C(=O)O)c(C)cc1Cl.O=CO. The summed E-state index contributed by atoms with van der Waals surface area (Å²) >= 11 is 6.30. The Morgan fingerprint density at radius 2 is 1.45 bits per heavy atom. The Morgan fingerprint density at radius 3 is 1.89 bits per heavy atom. The molecular formula is C22H16ClF6NO6S2. The molecule has 0 unspecified atom stereocenters. The largest absolute Gasteiger partial charge is 0.483 e. The molecule has 3 rings (SSSR count). The third-order valence-corrected chi connectivity index (χ3v) is 7.88. The third kappa shape index (κ3) is 7.17. The van der Waals surface area contributed by atoms with Crippen LogP contribution in [0.3, 0.4) is 0 Å². The zero-order valence-electron chi connectivity index (χ0n) is 19.0. The van der Waals surface area contributed by atoms with Crippen molar-refractivity contribution in [3.63, 3.8) is 0 Å². The second-order valence-corrected chi connectivity index (χ2v) is 10.6. The lowest BCUT2D eigenvalue weighted by Crippen LogP contribution is -2.15. The molecule has 206 valence electrons. The van der Waals surface area contributed by atoms with E-state index in [1.165, 1.54) is 26.0 Å². The zero-order valence-corrected chi connectivity index (χ0v) is 21.4. The van der Waals surface area contributed by atoms with Gasteiger partial charge in [0, 0.05) is 9.90 Å². The highest BCUT2D eigenvalue weighted by Gasteiger charge is 2.37. The lowest BCUT2D eigenvalue weighted by molar-refractivity contribution is -0.143. The standard InChI is InChI=1S/C21H14ClF6NO4S2.CH2O2/c1-9-4-17(10(2)3-14(9)22)35(32,33)29-15-8-16(34-18(15)19(30)31)11-5-12(20(23,24)25)7-13(6-11)21(26,27)28;2-1-3/h3-8,29H,1-2H3,(H,30,31);1H,(H,2,3). The van der Waals surface area contributed by atoms with E-state index in [2.05, 4.69) is 4.72 Å². The van der Waals surface area contributed by atoms with Crippen LogP contribution < -0.4 is 4.72 Å². The van der Waals surface area contributed by atoms with E-state index in [1.54, 1.807) is 0 Å². The number of alkyl halides is 6. The topological polar surface area (TPSA) is 121 Å². The maximum atomic E-state index is 13.2. The number of rotatable bonds is 5. The average molecular weight is 604 g/mol. The molecule has 38 heavy (non-hydrogen) atoms. The Morgan fingerprint density at radius 1 is 0.947 bits per heavy atom. The second kappa shape index (κ2) is 11.2. The second-order valence-electron chi connectivity index (χ2n) is 7.53. The van der Waals surface area contributed by atoms with E-state index in [0.717, 1.165) is 6.07 Å². The number of nitrogens with one attached hydrogen (secondary N) is 1. The fraction of sp³-hybridized carbons (Fsp3) is 0.182. The lowest BCUT2D eigenvalue weighted by Gasteiger charge is -2.13. The molecule has 1 aromatic heterocycles. The monoisotopic (exact) mass is 603 g/mol. The first kappa shape index (κ1) is 30.9. The van der Waals surface area contributed by atoms with Crippen LogP contribution in [-0.4, -0.2) is 31.1 Å². The van der Waals surface area contributed by atoms with Gasteiger partial charge in [0.25, 0.3) is 16.5 Å². The molecule has 16 heteroatoms. The highest BCUT2D eigenvalue weighted by Crippen LogP contribution is 2.42. The molecule has 0 saturated carbocycles. The van der Waals surface area contributed by atoms with E-state index < -0.39 is 55.6 Å². The fourth-order valence-corrected chi connectivity index (χ4v) is 5.71. The predicted octanol–water partition coefficient (Wildman–Crippen LogP) is 6.92. The van der Waals surface area contributed by atoms with Gasteiger partial charge < -0.3 is 10.2 Å². The van der Waals surface area contributed by atoms with Crippen molar-refractivity contribution in [2.75, 3.05) is 4.72 Å². The van der Waals surface area contributed by atoms with Crippen LogP contribution in [0.15, 0.2) is 41.3 Å². The van der Waals surface area contributed by atoms with Crippen LogP contribution in [0.2, 0.25) is 5.02 Å². The smallest absolute Gasteiger partial charge is 0.416 e. The van der Waals surface area contributed by atoms with Crippen molar-refractivity contribution in [2.24, 2.45) is 0 Å². The molecule has 1 heterocycles. The number of hydrogen-bond donors (Lipinski definition) is 3. The number of aryl methyl sites for hydroxylation is 2. The van der Waals surface area contributed by atoms with Crippen molar-refractivity contribution < 1.29 is 54.6 Å². The number of carboxylic acids is 1. The van der Waals surface area contributed by atoms with Gasteiger partial charge >= 0.3 is 18.3 Å². The van der Waals surface area contributed by atoms with Gasteiger partial charge in [0.15, 0.2) is 0 Å². The molecule has 0 radical (unpaired) electrons. The van der Waals surface area contributed by atoms with Gasteiger partial charge in [-0.2, -0.15) is 26.3 Å². The Kier molecular flexibility index (Phi) is 9.12. The maximum absolute atomic E-state index is 13.2. The molecule has 0 aliphatic heterocycles. The summed E-state index contributed by atoms with van der Waals surface area (Å²) < 4.78 is 107. The summed E-state index contributed by atoms with van der Waals surface area (Å²) in [5.74, 6) is -1.63. The van der Waals surface area contributed by atoms with Crippen molar-refractivity contribution in [1.82, 2.24) is 0 Å². The van der Waals surface area contributed by atoms with Crippen LogP contribution in [0.25, 0.3) is 10.4 Å². The first-order valence-electron chi connectivity index (χ1n) is 9.86. The number of benzene rings is 2. The van der Waals surface area contributed by atoms with Gasteiger partial charge in [-0.05, 0) is 66.9 Å². The molecule has 0 fully saturated rings. The van der Waals surface area contributed by atoms with Gasteiger partial charge in [-0.25, -0.2) is 13.2 Å². The molecule has 0 saturated heterocycles. The molecule has 3 aromatic rings. The molecule has 0 atom stereocenters. The Balaban J connectivity index is 0.00000161. The number of halogens is 7. The van der Waals surface area contributed by atoms with E-state index in [1.807, 2.05) is 0 Å². The van der Waals surface area contributed by atoms with E-state index in [4.69, 9.17) is 21.5 Å². The average Bonchev–Trinajstić information content (AvgIpc) is 3.18. The van der Waals surface area contributed by atoms with Gasteiger partial charge in [0.05, 0.1) is 21.7 Å². The minimum Gasteiger partial charge on any atom is -0.483 e. The van der Waals surface area contributed by atoms with Gasteiger partial charge in [-0.1, -0.05) is 11.6 Å². The molecule has 2 aromatic carbocycles. The number of thiophene rings is 1. The van der Waals surface area contributed by atoms with Crippen LogP contribution in [0.1, 0.15) is 31.9 Å². The van der Waals surface area contributed by atoms with Crippen molar-refractivity contribution in [2.45, 2.75) is 31.1 Å².